The lowest BCUT2D eigenvalue weighted by molar-refractivity contribution is -0.152. The van der Waals surface area contributed by atoms with Crippen LogP contribution in [0.5, 0.6) is 11.5 Å². The molecule has 0 fully saturated rings. The smallest absolute Gasteiger partial charge is 0.403 e. The highest BCUT2D eigenvalue weighted by atomic mass is 35.5. The van der Waals surface area contributed by atoms with Gasteiger partial charge in [0.15, 0.2) is 0 Å². The number of carbonyl (C=O) groups is 4. The average Bonchev–Trinajstić information content (AvgIpc) is 3.87. The number of ether oxygens (including phenoxy) is 2. The van der Waals surface area contributed by atoms with Gasteiger partial charge in [0.25, 0.3) is 0 Å². The third-order valence-electron chi connectivity index (χ3n) is 12.9. The van der Waals surface area contributed by atoms with Gasteiger partial charge in [-0.2, -0.15) is 0 Å². The van der Waals surface area contributed by atoms with Crippen LogP contribution in [0.3, 0.4) is 0 Å². The van der Waals surface area contributed by atoms with E-state index in [2.05, 4.69) is 24.3 Å². The molecule has 8 aromatic rings. The van der Waals surface area contributed by atoms with Gasteiger partial charge >= 0.3 is 34.6 Å². The van der Waals surface area contributed by atoms with E-state index in [0.717, 1.165) is 22.3 Å². The maximum absolute atomic E-state index is 12.7. The molecule has 15 nitrogen and oxygen atoms in total. The van der Waals surface area contributed by atoms with Crippen LogP contribution in [0.2, 0.25) is 0 Å². The molecular formula is C57H48ClNO14. The van der Waals surface area contributed by atoms with Crippen molar-refractivity contribution in [3.05, 3.63) is 200 Å². The molecular weight excluding hydrogens is 958 g/mol. The maximum atomic E-state index is 12.7. The molecule has 2 heterocycles. The molecule has 0 amide bonds. The van der Waals surface area contributed by atoms with Crippen molar-refractivity contribution in [2.75, 3.05) is 13.2 Å². The Balaban J connectivity index is 0.000000161. The summed E-state index contributed by atoms with van der Waals surface area (Å²) in [7, 11) is 0. The number of hydrogen-bond acceptors (Lipinski definition) is 13. The minimum absolute atomic E-state index is 0.00460. The molecule has 0 bridgehead atoms. The molecule has 2 aliphatic rings. The number of phenols is 2. The molecule has 0 aliphatic heterocycles. The van der Waals surface area contributed by atoms with E-state index in [1.54, 1.807) is 12.1 Å². The second kappa shape index (κ2) is 22.7. The van der Waals surface area contributed by atoms with Crippen molar-refractivity contribution in [3.63, 3.8) is 0 Å². The first kappa shape index (κ1) is 50.8. The van der Waals surface area contributed by atoms with Crippen molar-refractivity contribution in [2.24, 2.45) is 11.7 Å². The van der Waals surface area contributed by atoms with Gasteiger partial charge in [-0.25, -0.2) is 14.4 Å². The highest BCUT2D eigenvalue weighted by Crippen LogP contribution is 2.46. The summed E-state index contributed by atoms with van der Waals surface area (Å²) in [6, 6.07) is 42.9. The number of aryl methyl sites for hydroxylation is 2. The third kappa shape index (κ3) is 12.0. The number of aromatic hydroxyl groups is 2. The Hall–Kier alpha value is -8.53. The lowest BCUT2D eigenvalue weighted by Gasteiger charge is -2.16. The molecule has 16 heteroatoms. The van der Waals surface area contributed by atoms with E-state index in [9.17, 15) is 44.1 Å². The first-order valence-corrected chi connectivity index (χ1v) is 23.6. The first-order chi connectivity index (χ1) is 35.1. The van der Waals surface area contributed by atoms with Gasteiger partial charge in [-0.15, -0.1) is 0 Å². The number of fused-ring (bicyclic) bond motifs is 8. The highest BCUT2D eigenvalue weighted by molar-refractivity contribution is 6.61. The Kier molecular flexibility index (Phi) is 15.8. The number of phenolic OH excluding ortho intramolecular Hbond substituents is 2. The fourth-order valence-corrected chi connectivity index (χ4v) is 9.45. The minimum atomic E-state index is -1.10. The van der Waals surface area contributed by atoms with Crippen LogP contribution in [0.1, 0.15) is 64.5 Å². The Bertz CT molecular complexity index is 3400. The standard InChI is InChI=1S/C29H24O7.C15H11ClO2.C13H13NO5/c30-19-11-12-20-17(13-28(32)36-26(20)15-19)9-10-18(29(33)34)14-27(31)35-16-25-23-7-3-1-5-21(23)22-6-2-4-8-24(22)25;16-15(17)18-9-14-12-7-3-1-5-10(12)11-6-2-4-8-13(11)14;14-10(13(17)18)4-1-7-5-12(16)19-11-6-8(15)2-3-9(7)11/h1-8,11-13,15,18,25,30H,9-10,14,16H2,(H,33,34);1-8,14H,9H2;2-3,5-6,10,15H,1,4,14H2,(H,17,18)/t18-;;10-/m1.0/s1. The molecule has 0 spiro atoms. The van der Waals surface area contributed by atoms with Gasteiger partial charge in [0.2, 0.25) is 0 Å². The molecule has 2 atom stereocenters. The van der Waals surface area contributed by atoms with E-state index in [0.29, 0.717) is 28.3 Å². The summed E-state index contributed by atoms with van der Waals surface area (Å²) in [5, 5.41) is 38.7. The number of halogens is 1. The molecule has 0 radical (unpaired) electrons. The van der Waals surface area contributed by atoms with Crippen molar-refractivity contribution in [1.82, 2.24) is 0 Å². The summed E-state index contributed by atoms with van der Waals surface area (Å²) in [5.74, 6) is -3.79. The van der Waals surface area contributed by atoms with Crippen molar-refractivity contribution < 1.29 is 57.9 Å². The van der Waals surface area contributed by atoms with Crippen molar-refractivity contribution in [2.45, 2.75) is 50.0 Å². The number of nitrogens with two attached hydrogens (primary N) is 1. The summed E-state index contributed by atoms with van der Waals surface area (Å²) in [5.41, 5.74) is 14.5. The van der Waals surface area contributed by atoms with Crippen LogP contribution in [0.25, 0.3) is 44.2 Å². The van der Waals surface area contributed by atoms with E-state index >= 15 is 0 Å². The van der Waals surface area contributed by atoms with Crippen LogP contribution in [0.15, 0.2) is 164 Å². The number of carboxylic acid groups (broad SMARTS) is 2. The highest BCUT2D eigenvalue weighted by Gasteiger charge is 2.31. The Morgan fingerprint density at radius 3 is 1.34 bits per heavy atom. The molecule has 372 valence electrons. The Labute approximate surface area is 421 Å². The number of aliphatic carboxylic acids is 2. The molecule has 0 unspecified atom stereocenters. The van der Waals surface area contributed by atoms with Gasteiger partial charge in [-0.3, -0.25) is 14.4 Å². The van der Waals surface area contributed by atoms with E-state index in [1.807, 2.05) is 72.8 Å². The monoisotopic (exact) mass is 1010 g/mol. The zero-order chi connectivity index (χ0) is 51.8. The lowest BCUT2D eigenvalue weighted by Crippen LogP contribution is -2.30. The lowest BCUT2D eigenvalue weighted by atomic mass is 9.95. The molecule has 6 aromatic carbocycles. The van der Waals surface area contributed by atoms with Crippen molar-refractivity contribution in [1.29, 1.82) is 0 Å². The molecule has 10 rings (SSSR count). The predicted molar refractivity (Wildman–Crippen MR) is 272 cm³/mol. The van der Waals surface area contributed by atoms with E-state index in [4.69, 9.17) is 40.7 Å². The maximum Gasteiger partial charge on any atom is 0.403 e. The van der Waals surface area contributed by atoms with Crippen molar-refractivity contribution in [3.8, 4) is 33.8 Å². The van der Waals surface area contributed by atoms with Crippen LogP contribution in [0.4, 0.5) is 4.79 Å². The summed E-state index contributed by atoms with van der Waals surface area (Å²) in [4.78, 5) is 69.3. The number of rotatable bonds is 14. The minimum Gasteiger partial charge on any atom is -0.508 e. The number of esters is 1. The molecule has 2 aromatic heterocycles. The topological polar surface area (TPSA) is 254 Å². The average molecular weight is 1010 g/mol. The fraction of sp³-hybridized carbons (Fsp3) is 0.193. The number of benzene rings is 6. The summed E-state index contributed by atoms with van der Waals surface area (Å²) in [6.45, 7) is 0.420. The van der Waals surface area contributed by atoms with Gasteiger partial charge in [0.05, 0.1) is 12.3 Å². The Morgan fingerprint density at radius 2 is 0.945 bits per heavy atom. The van der Waals surface area contributed by atoms with E-state index < -0.39 is 46.5 Å². The van der Waals surface area contributed by atoms with Crippen LogP contribution in [-0.4, -0.2) is 63.0 Å². The van der Waals surface area contributed by atoms with Gasteiger partial charge in [-0.05, 0) is 106 Å². The first-order valence-electron chi connectivity index (χ1n) is 23.2. The fourth-order valence-electron chi connectivity index (χ4n) is 9.39. The van der Waals surface area contributed by atoms with Crippen LogP contribution >= 0.6 is 11.6 Å². The molecule has 0 saturated carbocycles. The summed E-state index contributed by atoms with van der Waals surface area (Å²) >= 11 is 5.25. The van der Waals surface area contributed by atoms with Gasteiger partial charge < -0.3 is 44.5 Å². The van der Waals surface area contributed by atoms with Gasteiger partial charge in [0.1, 0.15) is 41.9 Å². The second-order valence-electron chi connectivity index (χ2n) is 17.5. The van der Waals surface area contributed by atoms with Crippen LogP contribution in [-0.2, 0) is 36.7 Å². The zero-order valence-electron chi connectivity index (χ0n) is 38.9. The molecule has 6 N–H and O–H groups in total. The predicted octanol–water partition coefficient (Wildman–Crippen LogP) is 9.90. The normalized spacial score (nSPS) is 13.0. The number of hydrogen-bond donors (Lipinski definition) is 5. The largest absolute Gasteiger partial charge is 0.508 e. The third-order valence-corrected chi connectivity index (χ3v) is 13.0. The van der Waals surface area contributed by atoms with Crippen molar-refractivity contribution >= 4 is 56.9 Å². The quantitative estimate of drug-likeness (QED) is 0.0386. The SMILES string of the molecule is N[C@@H](CCc1cc(=O)oc2cc(O)ccc12)C(=O)O.O=C(C[C@@H](CCc1cc(=O)oc2cc(O)ccc12)C(=O)O)OCC1c2ccccc2-c2ccccc21.O=C(Cl)OCC1c2ccccc2-c2ccccc21. The van der Waals surface area contributed by atoms with Gasteiger partial charge in [0, 0.05) is 58.5 Å². The summed E-state index contributed by atoms with van der Waals surface area (Å²) in [6.07, 6.45) is 0.681. The zero-order valence-corrected chi connectivity index (χ0v) is 39.7. The number of carboxylic acids is 2. The summed E-state index contributed by atoms with van der Waals surface area (Å²) < 4.78 is 20.6. The molecule has 73 heavy (non-hydrogen) atoms. The molecule has 0 saturated heterocycles. The van der Waals surface area contributed by atoms with Crippen LogP contribution in [0, 0.1) is 5.92 Å². The van der Waals surface area contributed by atoms with E-state index in [-0.39, 0.29) is 73.4 Å². The number of carbonyl (C=O) groups excluding carboxylic acids is 2. The van der Waals surface area contributed by atoms with E-state index in [1.165, 1.54) is 58.7 Å². The molecule has 2 aliphatic carbocycles. The van der Waals surface area contributed by atoms with Crippen LogP contribution < -0.4 is 17.0 Å². The second-order valence-corrected chi connectivity index (χ2v) is 17.8. The Morgan fingerprint density at radius 1 is 0.548 bits per heavy atom. The van der Waals surface area contributed by atoms with Gasteiger partial charge in [-0.1, -0.05) is 97.1 Å².